The van der Waals surface area contributed by atoms with Crippen LogP contribution in [0.3, 0.4) is 0 Å². The summed E-state index contributed by atoms with van der Waals surface area (Å²) in [4.78, 5) is 22.9. The monoisotopic (exact) mass is 285 g/mol. The lowest BCUT2D eigenvalue weighted by Gasteiger charge is -2.12. The molecule has 5 nitrogen and oxygen atoms in total. The van der Waals surface area contributed by atoms with E-state index in [1.165, 1.54) is 6.07 Å². The smallest absolute Gasteiger partial charge is 0.315 e. The molecule has 7 heteroatoms. The second-order valence-corrected chi connectivity index (χ2v) is 4.31. The molecule has 0 radical (unpaired) electrons. The number of rotatable bonds is 5. The molecule has 0 unspecified atom stereocenters. The molecule has 3 N–H and O–H groups in total. The van der Waals surface area contributed by atoms with E-state index in [0.717, 1.165) is 18.6 Å². The summed E-state index contributed by atoms with van der Waals surface area (Å²) in [5, 5.41) is 7.33. The molecule has 0 heterocycles. The van der Waals surface area contributed by atoms with Crippen LogP contribution < -0.4 is 16.0 Å². The molecule has 20 heavy (non-hydrogen) atoms. The number of anilines is 1. The third-order valence-corrected chi connectivity index (χ3v) is 2.60. The number of hydrogen-bond donors (Lipinski definition) is 3. The van der Waals surface area contributed by atoms with Crippen molar-refractivity contribution in [3.8, 4) is 0 Å². The van der Waals surface area contributed by atoms with Crippen LogP contribution in [0.4, 0.5) is 19.3 Å². The van der Waals surface area contributed by atoms with Crippen molar-refractivity contribution in [3.63, 3.8) is 0 Å². The van der Waals surface area contributed by atoms with Crippen molar-refractivity contribution in [2.45, 2.75) is 26.3 Å². The highest BCUT2D eigenvalue weighted by Crippen LogP contribution is 2.12. The summed E-state index contributed by atoms with van der Waals surface area (Å²) in [7, 11) is 0. The fourth-order valence-corrected chi connectivity index (χ4v) is 1.32. The van der Waals surface area contributed by atoms with Crippen LogP contribution in [0.25, 0.3) is 0 Å². The summed E-state index contributed by atoms with van der Waals surface area (Å²) in [5.41, 5.74) is 0.123. The van der Waals surface area contributed by atoms with E-state index in [1.54, 1.807) is 0 Å². The van der Waals surface area contributed by atoms with Gasteiger partial charge in [0.2, 0.25) is 5.91 Å². The maximum Gasteiger partial charge on any atom is 0.315 e. The van der Waals surface area contributed by atoms with Gasteiger partial charge in [0.15, 0.2) is 11.6 Å². The minimum Gasteiger partial charge on any atom is -0.336 e. The van der Waals surface area contributed by atoms with E-state index in [9.17, 15) is 18.4 Å². The fraction of sp³-hybridized carbons (Fsp3) is 0.385. The van der Waals surface area contributed by atoms with Crippen LogP contribution in [0, 0.1) is 11.6 Å². The van der Waals surface area contributed by atoms with E-state index in [-0.39, 0.29) is 18.3 Å². The number of benzene rings is 1. The van der Waals surface area contributed by atoms with Crippen molar-refractivity contribution >= 4 is 17.6 Å². The second-order valence-electron chi connectivity index (χ2n) is 4.31. The topological polar surface area (TPSA) is 70.2 Å². The molecule has 1 rings (SSSR count). The Kier molecular flexibility index (Phi) is 5.89. The van der Waals surface area contributed by atoms with Crippen molar-refractivity contribution in [1.29, 1.82) is 0 Å². The molecule has 0 aliphatic heterocycles. The van der Waals surface area contributed by atoms with Crippen molar-refractivity contribution in [2.75, 3.05) is 11.9 Å². The van der Waals surface area contributed by atoms with Crippen molar-refractivity contribution in [1.82, 2.24) is 10.6 Å². The fourth-order valence-electron chi connectivity index (χ4n) is 1.32. The van der Waals surface area contributed by atoms with Crippen LogP contribution in [0.15, 0.2) is 18.2 Å². The quantitative estimate of drug-likeness (QED) is 0.774. The lowest BCUT2D eigenvalue weighted by molar-refractivity contribution is -0.115. The third-order valence-electron chi connectivity index (χ3n) is 2.60. The molecule has 110 valence electrons. The van der Waals surface area contributed by atoms with Crippen LogP contribution in [0.1, 0.15) is 20.3 Å². The van der Waals surface area contributed by atoms with E-state index in [2.05, 4.69) is 16.0 Å². The van der Waals surface area contributed by atoms with Crippen LogP contribution in [-0.4, -0.2) is 24.5 Å². The number of carbonyl (C=O) groups excluding carboxylic acids is 2. The van der Waals surface area contributed by atoms with Crippen LogP contribution >= 0.6 is 0 Å². The normalized spacial score (nSPS) is 11.6. The van der Waals surface area contributed by atoms with Gasteiger partial charge in [-0.15, -0.1) is 0 Å². The highest BCUT2D eigenvalue weighted by atomic mass is 19.2. The van der Waals surface area contributed by atoms with Gasteiger partial charge in [-0.05, 0) is 25.5 Å². The van der Waals surface area contributed by atoms with E-state index >= 15 is 0 Å². The zero-order chi connectivity index (χ0) is 15.1. The summed E-state index contributed by atoms with van der Waals surface area (Å²) in [6.45, 7) is 3.49. The number of nitrogens with one attached hydrogen (secondary N) is 3. The average molecular weight is 285 g/mol. The minimum atomic E-state index is -1.05. The second kappa shape index (κ2) is 7.42. The van der Waals surface area contributed by atoms with Gasteiger partial charge in [0.1, 0.15) is 0 Å². The average Bonchev–Trinajstić information content (AvgIpc) is 2.40. The molecule has 1 aromatic carbocycles. The van der Waals surface area contributed by atoms with E-state index < -0.39 is 23.6 Å². The number of hydrogen-bond acceptors (Lipinski definition) is 2. The summed E-state index contributed by atoms with van der Waals surface area (Å²) in [6, 6.07) is 2.56. The Morgan fingerprint density at radius 1 is 1.25 bits per heavy atom. The lowest BCUT2D eigenvalue weighted by Crippen LogP contribution is -2.43. The molecule has 0 spiro atoms. The molecule has 0 saturated heterocycles. The molecule has 1 aromatic rings. The molecule has 1 atom stereocenters. The maximum atomic E-state index is 12.9. The van der Waals surface area contributed by atoms with Crippen LogP contribution in [0.2, 0.25) is 0 Å². The largest absolute Gasteiger partial charge is 0.336 e. The van der Waals surface area contributed by atoms with Gasteiger partial charge in [0.05, 0.1) is 6.54 Å². The highest BCUT2D eigenvalue weighted by molar-refractivity contribution is 5.94. The molecule has 0 aromatic heterocycles. The summed E-state index contributed by atoms with van der Waals surface area (Å²) in [5.74, 6) is -2.57. The molecule has 3 amide bonds. The first-order chi connectivity index (χ1) is 9.42. The Bertz CT molecular complexity index is 495. The number of urea groups is 1. The lowest BCUT2D eigenvalue weighted by atomic mass is 10.3. The Labute approximate surface area is 115 Å². The Morgan fingerprint density at radius 3 is 2.55 bits per heavy atom. The molecule has 0 bridgehead atoms. The first kappa shape index (κ1) is 15.9. The predicted octanol–water partition coefficient (Wildman–Crippen LogP) is 2.00. The van der Waals surface area contributed by atoms with Gasteiger partial charge < -0.3 is 16.0 Å². The zero-order valence-electron chi connectivity index (χ0n) is 11.3. The predicted molar refractivity (Wildman–Crippen MR) is 71.3 cm³/mol. The van der Waals surface area contributed by atoms with Crippen LogP contribution in [0.5, 0.6) is 0 Å². The van der Waals surface area contributed by atoms with Gasteiger partial charge in [-0.25, -0.2) is 13.6 Å². The molecule has 0 saturated carbocycles. The minimum absolute atomic E-state index is 0.00394. The van der Waals surface area contributed by atoms with Gasteiger partial charge in [-0.1, -0.05) is 6.92 Å². The van der Waals surface area contributed by atoms with Gasteiger partial charge in [-0.3, -0.25) is 4.79 Å². The zero-order valence-corrected chi connectivity index (χ0v) is 11.3. The van der Waals surface area contributed by atoms with E-state index in [4.69, 9.17) is 0 Å². The van der Waals surface area contributed by atoms with Crippen molar-refractivity contribution in [3.05, 3.63) is 29.8 Å². The number of amides is 3. The van der Waals surface area contributed by atoms with Gasteiger partial charge in [0, 0.05) is 17.8 Å². The van der Waals surface area contributed by atoms with E-state index in [0.29, 0.717) is 0 Å². The third kappa shape index (κ3) is 5.21. The molecule has 0 aliphatic carbocycles. The number of carbonyl (C=O) groups is 2. The molecular weight excluding hydrogens is 268 g/mol. The van der Waals surface area contributed by atoms with Gasteiger partial charge in [-0.2, -0.15) is 0 Å². The van der Waals surface area contributed by atoms with Crippen LogP contribution in [-0.2, 0) is 4.79 Å². The Morgan fingerprint density at radius 2 is 1.95 bits per heavy atom. The van der Waals surface area contributed by atoms with E-state index in [1.807, 2.05) is 13.8 Å². The van der Waals surface area contributed by atoms with Crippen molar-refractivity contribution < 1.29 is 18.4 Å². The van der Waals surface area contributed by atoms with Crippen molar-refractivity contribution in [2.24, 2.45) is 0 Å². The molecule has 0 aliphatic rings. The standard InChI is InChI=1S/C13H17F2N3O2/c1-3-8(2)17-13(20)16-7-12(19)18-9-4-5-10(14)11(15)6-9/h4-6,8H,3,7H2,1-2H3,(H,18,19)(H2,16,17,20)/t8-/m1/s1. The first-order valence-electron chi connectivity index (χ1n) is 6.21. The molecular formula is C13H17F2N3O2. The van der Waals surface area contributed by atoms with Gasteiger partial charge in [0.25, 0.3) is 0 Å². The number of halogens is 2. The van der Waals surface area contributed by atoms with Gasteiger partial charge >= 0.3 is 6.03 Å². The Balaban J connectivity index is 2.40. The maximum absolute atomic E-state index is 12.9. The summed E-state index contributed by atoms with van der Waals surface area (Å²) >= 11 is 0. The highest BCUT2D eigenvalue weighted by Gasteiger charge is 2.09. The SMILES string of the molecule is CC[C@@H](C)NC(=O)NCC(=O)Nc1ccc(F)c(F)c1. The summed E-state index contributed by atoms with van der Waals surface area (Å²) < 4.78 is 25.6. The first-order valence-corrected chi connectivity index (χ1v) is 6.21. The summed E-state index contributed by atoms with van der Waals surface area (Å²) in [6.07, 6.45) is 0.772. The Hall–Kier alpha value is -2.18. The molecule has 0 fully saturated rings.